The van der Waals surface area contributed by atoms with Crippen LogP contribution in [0.3, 0.4) is 0 Å². The molecule has 0 bridgehead atoms. The van der Waals surface area contributed by atoms with Crippen LogP contribution in [0.5, 0.6) is 5.75 Å². The van der Waals surface area contributed by atoms with Gasteiger partial charge in [-0.2, -0.15) is 0 Å². The Morgan fingerprint density at radius 1 is 1.12 bits per heavy atom. The summed E-state index contributed by atoms with van der Waals surface area (Å²) in [5, 5.41) is 8.16. The fraction of sp³-hybridized carbons (Fsp3) is 0.250. The first kappa shape index (κ1) is 16.3. The van der Waals surface area contributed by atoms with E-state index in [1.807, 2.05) is 48.5 Å². The molecule has 6 heteroatoms. The van der Waals surface area contributed by atoms with Crippen molar-refractivity contribution in [2.75, 3.05) is 6.61 Å². The minimum atomic E-state index is -0.455. The van der Waals surface area contributed by atoms with Crippen molar-refractivity contribution in [1.29, 1.82) is 0 Å². The lowest BCUT2D eigenvalue weighted by Crippen LogP contribution is -2.18. The Balaban J connectivity index is 1.60. The first-order valence-corrected chi connectivity index (χ1v) is 8.67. The van der Waals surface area contributed by atoms with Crippen molar-refractivity contribution in [2.45, 2.75) is 26.4 Å². The molecular weight excluding hydrogens is 330 g/mol. The van der Waals surface area contributed by atoms with Gasteiger partial charge in [0.05, 0.1) is 12.3 Å². The van der Waals surface area contributed by atoms with Crippen LogP contribution in [-0.4, -0.2) is 27.3 Å². The van der Waals surface area contributed by atoms with Gasteiger partial charge in [0.15, 0.2) is 0 Å². The molecule has 0 saturated heterocycles. The molecule has 0 atom stereocenters. The third-order valence-electron chi connectivity index (χ3n) is 4.35. The summed E-state index contributed by atoms with van der Waals surface area (Å²) >= 11 is 0. The highest BCUT2D eigenvalue weighted by Crippen LogP contribution is 2.29. The van der Waals surface area contributed by atoms with E-state index in [-0.39, 0.29) is 5.82 Å². The van der Waals surface area contributed by atoms with Gasteiger partial charge in [0.1, 0.15) is 18.2 Å². The van der Waals surface area contributed by atoms with Crippen molar-refractivity contribution in [1.82, 2.24) is 14.8 Å². The van der Waals surface area contributed by atoms with Crippen LogP contribution in [0.25, 0.3) is 5.69 Å². The standard InChI is InChI=1S/C20H19N3O3/c1-2-25-20(24)19-22-21-18-11-8-15-12-16(9-10-17(15)23(18)19)26-13-14-6-4-3-5-7-14/h3-7,9-10,12H,2,8,11,13H2,1H3. The second-order valence-electron chi connectivity index (χ2n) is 6.06. The van der Waals surface area contributed by atoms with Crippen molar-refractivity contribution >= 4 is 5.97 Å². The minimum absolute atomic E-state index is 0.223. The van der Waals surface area contributed by atoms with Crippen molar-refractivity contribution in [3.63, 3.8) is 0 Å². The second-order valence-corrected chi connectivity index (χ2v) is 6.06. The van der Waals surface area contributed by atoms with Crippen LogP contribution in [0.4, 0.5) is 0 Å². The van der Waals surface area contributed by atoms with Crippen LogP contribution in [-0.2, 0) is 24.2 Å². The van der Waals surface area contributed by atoms with Crippen molar-refractivity contribution in [2.24, 2.45) is 0 Å². The van der Waals surface area contributed by atoms with Gasteiger partial charge >= 0.3 is 5.97 Å². The number of esters is 1. The molecule has 1 aromatic heterocycles. The van der Waals surface area contributed by atoms with E-state index in [9.17, 15) is 4.79 Å². The number of rotatable bonds is 5. The fourth-order valence-electron chi connectivity index (χ4n) is 3.12. The Labute approximate surface area is 151 Å². The Hall–Kier alpha value is -3.15. The molecule has 1 aliphatic rings. The minimum Gasteiger partial charge on any atom is -0.489 e. The Bertz CT molecular complexity index is 935. The van der Waals surface area contributed by atoms with Gasteiger partial charge in [-0.3, -0.25) is 4.57 Å². The maximum atomic E-state index is 12.1. The lowest BCUT2D eigenvalue weighted by atomic mass is 10.0. The number of carbonyl (C=O) groups excluding carboxylic acids is 1. The topological polar surface area (TPSA) is 66.2 Å². The zero-order valence-corrected chi connectivity index (χ0v) is 14.5. The van der Waals surface area contributed by atoms with E-state index in [0.717, 1.165) is 41.2 Å². The van der Waals surface area contributed by atoms with Crippen LogP contribution in [0.15, 0.2) is 48.5 Å². The highest BCUT2D eigenvalue weighted by molar-refractivity contribution is 5.86. The van der Waals surface area contributed by atoms with Crippen molar-refractivity contribution in [3.05, 3.63) is 71.3 Å². The smallest absolute Gasteiger partial charge is 0.376 e. The SMILES string of the molecule is CCOC(=O)c1nnc2n1-c1ccc(OCc3ccccc3)cc1CC2. The van der Waals surface area contributed by atoms with Gasteiger partial charge < -0.3 is 9.47 Å². The number of ether oxygens (including phenoxy) is 2. The summed E-state index contributed by atoms with van der Waals surface area (Å²) in [4.78, 5) is 12.1. The molecule has 0 spiro atoms. The molecule has 132 valence electrons. The average Bonchev–Trinajstić information content (AvgIpc) is 3.12. The first-order valence-electron chi connectivity index (χ1n) is 8.67. The van der Waals surface area contributed by atoms with E-state index in [1.165, 1.54) is 0 Å². The second kappa shape index (κ2) is 7.00. The van der Waals surface area contributed by atoms with Crippen LogP contribution in [0.2, 0.25) is 0 Å². The summed E-state index contributed by atoms with van der Waals surface area (Å²) in [7, 11) is 0. The van der Waals surface area contributed by atoms with Gasteiger partial charge in [-0.15, -0.1) is 10.2 Å². The average molecular weight is 349 g/mol. The van der Waals surface area contributed by atoms with E-state index in [2.05, 4.69) is 10.2 Å². The number of hydrogen-bond donors (Lipinski definition) is 0. The summed E-state index contributed by atoms with van der Waals surface area (Å²) in [6.45, 7) is 2.60. The number of hydrogen-bond acceptors (Lipinski definition) is 5. The number of aromatic nitrogens is 3. The first-order chi connectivity index (χ1) is 12.8. The maximum Gasteiger partial charge on any atom is 0.376 e. The normalized spacial score (nSPS) is 12.2. The monoisotopic (exact) mass is 349 g/mol. The lowest BCUT2D eigenvalue weighted by Gasteiger charge is -2.20. The zero-order chi connectivity index (χ0) is 17.9. The number of fused-ring (bicyclic) bond motifs is 3. The van der Waals surface area contributed by atoms with E-state index >= 15 is 0 Å². The summed E-state index contributed by atoms with van der Waals surface area (Å²) in [6, 6.07) is 15.9. The predicted molar refractivity (Wildman–Crippen MR) is 95.5 cm³/mol. The lowest BCUT2D eigenvalue weighted by molar-refractivity contribution is 0.0509. The van der Waals surface area contributed by atoms with Crippen LogP contribution >= 0.6 is 0 Å². The molecule has 0 aliphatic carbocycles. The highest BCUT2D eigenvalue weighted by Gasteiger charge is 2.26. The molecule has 26 heavy (non-hydrogen) atoms. The number of nitrogens with zero attached hydrogens (tertiary/aromatic N) is 3. The van der Waals surface area contributed by atoms with Gasteiger partial charge in [0.2, 0.25) is 5.82 Å². The third-order valence-corrected chi connectivity index (χ3v) is 4.35. The quantitative estimate of drug-likeness (QED) is 0.662. The summed E-state index contributed by atoms with van der Waals surface area (Å²) in [5.41, 5.74) is 3.13. The van der Waals surface area contributed by atoms with Crippen molar-refractivity contribution in [3.8, 4) is 11.4 Å². The molecule has 0 N–H and O–H groups in total. The molecule has 1 aliphatic heterocycles. The largest absolute Gasteiger partial charge is 0.489 e. The molecule has 0 saturated carbocycles. The molecular formula is C20H19N3O3. The fourth-order valence-corrected chi connectivity index (χ4v) is 3.12. The van der Waals surface area contributed by atoms with E-state index in [1.54, 1.807) is 11.5 Å². The maximum absolute atomic E-state index is 12.1. The van der Waals surface area contributed by atoms with E-state index in [4.69, 9.17) is 9.47 Å². The number of benzene rings is 2. The van der Waals surface area contributed by atoms with E-state index < -0.39 is 5.97 Å². The van der Waals surface area contributed by atoms with Crippen LogP contribution in [0, 0.1) is 0 Å². The van der Waals surface area contributed by atoms with Gasteiger partial charge in [-0.05, 0) is 42.7 Å². The Morgan fingerprint density at radius 2 is 1.96 bits per heavy atom. The van der Waals surface area contributed by atoms with Gasteiger partial charge in [0, 0.05) is 6.42 Å². The summed E-state index contributed by atoms with van der Waals surface area (Å²) in [6.07, 6.45) is 1.56. The number of carbonyl (C=O) groups is 1. The van der Waals surface area contributed by atoms with E-state index in [0.29, 0.717) is 13.2 Å². The summed E-state index contributed by atoms with van der Waals surface area (Å²) < 4.78 is 12.8. The third kappa shape index (κ3) is 3.06. The molecule has 2 heterocycles. The van der Waals surface area contributed by atoms with Gasteiger partial charge in [-0.1, -0.05) is 30.3 Å². The highest BCUT2D eigenvalue weighted by atomic mass is 16.5. The van der Waals surface area contributed by atoms with Gasteiger partial charge in [-0.25, -0.2) is 4.79 Å². The molecule has 0 fully saturated rings. The molecule has 0 radical (unpaired) electrons. The van der Waals surface area contributed by atoms with Crippen molar-refractivity contribution < 1.29 is 14.3 Å². The van der Waals surface area contributed by atoms with Gasteiger partial charge in [0.25, 0.3) is 0 Å². The Morgan fingerprint density at radius 3 is 2.77 bits per heavy atom. The molecule has 4 rings (SSSR count). The van der Waals surface area contributed by atoms with Crippen LogP contribution in [0.1, 0.15) is 34.5 Å². The summed E-state index contributed by atoms with van der Waals surface area (Å²) in [5.74, 6) is 1.35. The predicted octanol–water partition coefficient (Wildman–Crippen LogP) is 3.12. The number of aryl methyl sites for hydroxylation is 2. The molecule has 3 aromatic rings. The molecule has 0 unspecified atom stereocenters. The van der Waals surface area contributed by atoms with Crippen LogP contribution < -0.4 is 4.74 Å². The zero-order valence-electron chi connectivity index (χ0n) is 14.5. The molecule has 0 amide bonds. The molecule has 6 nitrogen and oxygen atoms in total. The molecule has 2 aromatic carbocycles. The Kier molecular flexibility index (Phi) is 4.39.